The summed E-state index contributed by atoms with van der Waals surface area (Å²) in [7, 11) is 0. The third kappa shape index (κ3) is 19.6. The summed E-state index contributed by atoms with van der Waals surface area (Å²) in [6.07, 6.45) is 0. The zero-order chi connectivity index (χ0) is 0. The van der Waals surface area contributed by atoms with Gasteiger partial charge in [-0.2, -0.15) is 0 Å². The molecule has 5 heavy (non-hydrogen) atoms. The van der Waals surface area contributed by atoms with Crippen molar-refractivity contribution in [2.45, 2.75) is 0 Å². The molecule has 0 aliphatic heterocycles. The Bertz CT molecular complexity index is 4.85. The molecule has 0 aromatic rings. The zero-order valence-corrected chi connectivity index (χ0v) is 1.00. The van der Waals surface area contributed by atoms with E-state index in [1.807, 2.05) is 0 Å². The topological polar surface area (TPSA) is 63.0 Å². The van der Waals surface area contributed by atoms with Crippen LogP contribution in [0.4, 0.5) is 0 Å². The minimum atomic E-state index is 0. The second-order valence-corrected chi connectivity index (χ2v) is 0. The third-order valence-corrected chi connectivity index (χ3v) is 0. The van der Waals surface area contributed by atoms with E-state index in [1.54, 1.807) is 0 Å². The molecular weight excluding hydrogens is 101 g/mol. The van der Waals surface area contributed by atoms with E-state index in [0.29, 0.717) is 0 Å². The molecule has 0 fully saturated rings. The van der Waals surface area contributed by atoms with Crippen LogP contribution in [-0.2, 0) is 0 Å². The molecule has 2 nitrogen and oxygen atoms in total. The molecule has 22 valence electrons. The van der Waals surface area contributed by atoms with Crippen LogP contribution >= 0.6 is 0 Å². The van der Waals surface area contributed by atoms with E-state index in [1.165, 1.54) is 0 Å². The molecule has 0 saturated heterocycles. The first-order valence-electron chi connectivity index (χ1n) is 0. The molecule has 0 bridgehead atoms. The van der Waals surface area contributed by atoms with E-state index in [4.69, 9.17) is 0 Å². The summed E-state index contributed by atoms with van der Waals surface area (Å²) < 4.78 is 0. The third-order valence-electron chi connectivity index (χ3n) is 0. The van der Waals surface area contributed by atoms with E-state index < -0.39 is 0 Å². The summed E-state index contributed by atoms with van der Waals surface area (Å²) in [5.41, 5.74) is 0. The fourth-order valence-corrected chi connectivity index (χ4v) is 0. The Hall–Kier alpha value is 2.92. The van der Waals surface area contributed by atoms with Crippen molar-refractivity contribution in [2.75, 3.05) is 0 Å². The van der Waals surface area contributed by atoms with E-state index in [2.05, 4.69) is 0 Å². The van der Waals surface area contributed by atoms with Gasteiger partial charge >= 0.3 is 88.7 Å². The molecule has 0 atom stereocenters. The second-order valence-electron chi connectivity index (χ2n) is 0. The number of hydrogen-bond acceptors (Lipinski definition) is 0. The van der Waals surface area contributed by atoms with Crippen molar-refractivity contribution >= 4 is 88.7 Å². The van der Waals surface area contributed by atoms with Crippen LogP contribution in [0.1, 0.15) is 0 Å². The van der Waals surface area contributed by atoms with Crippen molar-refractivity contribution in [2.24, 2.45) is 0 Å². The summed E-state index contributed by atoms with van der Waals surface area (Å²) in [6.45, 7) is 0. The van der Waals surface area contributed by atoms with E-state index in [-0.39, 0.29) is 99.6 Å². The Morgan fingerprint density at radius 1 is 0.400 bits per heavy atom. The van der Waals surface area contributed by atoms with Gasteiger partial charge in [-0.1, -0.05) is 0 Å². The normalized spacial score (nSPS) is 0. The molecule has 0 heterocycles. The summed E-state index contributed by atoms with van der Waals surface area (Å²) in [4.78, 5) is 0. The van der Waals surface area contributed by atoms with Gasteiger partial charge in [-0.15, -0.1) is 0 Å². The molecule has 0 aliphatic rings. The van der Waals surface area contributed by atoms with Crippen LogP contribution in [0.25, 0.3) is 0 Å². The molecule has 0 aliphatic carbocycles. The van der Waals surface area contributed by atoms with E-state index >= 15 is 0 Å². The van der Waals surface area contributed by atoms with Gasteiger partial charge in [0.05, 0.1) is 0 Å². The van der Waals surface area contributed by atoms with Gasteiger partial charge in [0.2, 0.25) is 0 Å². The quantitative estimate of drug-likeness (QED) is 0.288. The first-order valence-corrected chi connectivity index (χ1v) is 0. The average Bonchev–Trinajstić information content (AvgIpc) is 0. The van der Waals surface area contributed by atoms with Crippen molar-refractivity contribution in [1.29, 1.82) is 0 Å². The van der Waals surface area contributed by atoms with Crippen LogP contribution < -0.4 is 0 Å². The van der Waals surface area contributed by atoms with Gasteiger partial charge in [0.25, 0.3) is 0 Å². The molecule has 0 amide bonds. The minimum absolute atomic E-state index is 0. The van der Waals surface area contributed by atoms with Crippen molar-refractivity contribution in [3.8, 4) is 0 Å². The molecule has 0 saturated carbocycles. The second kappa shape index (κ2) is 28.4. The van der Waals surface area contributed by atoms with Crippen LogP contribution in [0.5, 0.6) is 0 Å². The van der Waals surface area contributed by atoms with Crippen molar-refractivity contribution in [1.82, 2.24) is 0 Å². The van der Waals surface area contributed by atoms with Gasteiger partial charge in [0.15, 0.2) is 0 Å². The van der Waals surface area contributed by atoms with E-state index in [0.717, 1.165) is 0 Å². The Morgan fingerprint density at radius 2 is 0.400 bits per heavy atom. The van der Waals surface area contributed by atoms with Crippen LogP contribution in [-0.4, -0.2) is 99.6 Å². The van der Waals surface area contributed by atoms with Gasteiger partial charge in [-0.05, 0) is 0 Å². The molecule has 0 spiro atoms. The molecule has 0 rings (SSSR count). The van der Waals surface area contributed by atoms with Gasteiger partial charge in [0.1, 0.15) is 0 Å². The summed E-state index contributed by atoms with van der Waals surface area (Å²) >= 11 is 0. The standard InChI is InChI=1S/3Na.2H2O.3H/h;;;2*1H2;;;. The first-order chi connectivity index (χ1) is 0. The maximum absolute atomic E-state index is 0. The molecule has 5 heteroatoms. The number of hydrogen-bond donors (Lipinski definition) is 0. The van der Waals surface area contributed by atoms with Crippen LogP contribution in [0.3, 0.4) is 0 Å². The molecule has 4 N–H and O–H groups in total. The number of rotatable bonds is 0. The molecule has 0 aromatic heterocycles. The van der Waals surface area contributed by atoms with Crippen molar-refractivity contribution < 1.29 is 11.0 Å². The maximum atomic E-state index is 0. The van der Waals surface area contributed by atoms with Crippen molar-refractivity contribution in [3.63, 3.8) is 0 Å². The Morgan fingerprint density at radius 3 is 0.400 bits per heavy atom. The van der Waals surface area contributed by atoms with E-state index in [9.17, 15) is 0 Å². The summed E-state index contributed by atoms with van der Waals surface area (Å²) in [5.74, 6) is 0. The van der Waals surface area contributed by atoms with Gasteiger partial charge in [-0.3, -0.25) is 0 Å². The van der Waals surface area contributed by atoms with Crippen LogP contribution in [0, 0.1) is 0 Å². The van der Waals surface area contributed by atoms with Crippen molar-refractivity contribution in [3.05, 3.63) is 0 Å². The Balaban J connectivity index is 0. The zero-order valence-electron chi connectivity index (χ0n) is 1.00. The van der Waals surface area contributed by atoms with Gasteiger partial charge < -0.3 is 11.0 Å². The van der Waals surface area contributed by atoms with Crippen LogP contribution in [0.15, 0.2) is 0 Å². The molecule has 0 radical (unpaired) electrons. The SMILES string of the molecule is O.O.[NaH].[NaH].[NaH]. The molecular formula is H7Na3O2. The first kappa shape index (κ1) is 44.5. The van der Waals surface area contributed by atoms with Gasteiger partial charge in [0, 0.05) is 0 Å². The molecule has 0 aromatic carbocycles. The Kier molecular flexibility index (Phi) is 253. The predicted molar refractivity (Wildman–Crippen MR) is 28.7 cm³/mol. The Labute approximate surface area is 97.6 Å². The predicted octanol–water partition coefficient (Wildman–Crippen LogP) is -3.59. The fourth-order valence-electron chi connectivity index (χ4n) is 0. The summed E-state index contributed by atoms with van der Waals surface area (Å²) in [6, 6.07) is 0. The fraction of sp³-hybridized carbons (Fsp3) is 0. The molecule has 0 unspecified atom stereocenters. The van der Waals surface area contributed by atoms with Gasteiger partial charge in [-0.25, -0.2) is 0 Å². The monoisotopic (exact) mass is 108 g/mol. The van der Waals surface area contributed by atoms with Crippen LogP contribution in [0.2, 0.25) is 0 Å². The summed E-state index contributed by atoms with van der Waals surface area (Å²) in [5, 5.41) is 0. The average molecular weight is 108 g/mol.